The number of carbonyl (C=O) groups excluding carboxylic acids is 1. The van der Waals surface area contributed by atoms with Gasteiger partial charge in [-0.1, -0.05) is 63.5 Å². The molecular weight excluding hydrogens is 650 g/mol. The van der Waals surface area contributed by atoms with E-state index in [9.17, 15) is 14.7 Å². The van der Waals surface area contributed by atoms with E-state index in [2.05, 4.69) is 57.5 Å². The number of hydrogen-bond acceptors (Lipinski definition) is 5. The second kappa shape index (κ2) is 13.1. The standard InChI is InChI=1S/C20H31BrO3Si.C16H21NO3/c1-12(2)25(13(3)4,14(5)6)24-15-9-10-16-17(11-15)23-20(7,8)19(21)18(16)22;1-15(2,3)17(14(18)19)12-7-6-11-8-9-16(4,5)20-13(11)10-12/h9-14,19H,1-8H3;6-10H,1-5H3,(H,18,19). The molecule has 9 heteroatoms. The van der Waals surface area contributed by atoms with Crippen molar-refractivity contribution in [3.63, 3.8) is 0 Å². The van der Waals surface area contributed by atoms with Crippen LogP contribution in [0, 0.1) is 0 Å². The molecule has 0 saturated heterocycles. The third-order valence-electron chi connectivity index (χ3n) is 8.59. The van der Waals surface area contributed by atoms with Gasteiger partial charge in [0.25, 0.3) is 8.32 Å². The third kappa shape index (κ3) is 7.79. The number of alkyl halides is 1. The number of carbonyl (C=O) groups is 2. The smallest absolute Gasteiger partial charge is 0.412 e. The number of halogens is 1. The van der Waals surface area contributed by atoms with Crippen LogP contribution in [0.5, 0.6) is 17.2 Å². The monoisotopic (exact) mass is 701 g/mol. The first-order chi connectivity index (χ1) is 20.5. The lowest BCUT2D eigenvalue weighted by atomic mass is 9.93. The molecule has 7 nitrogen and oxygen atoms in total. The summed E-state index contributed by atoms with van der Waals surface area (Å²) in [4.78, 5) is 25.1. The molecule has 248 valence electrons. The van der Waals surface area contributed by atoms with E-state index in [1.165, 1.54) is 4.90 Å². The highest BCUT2D eigenvalue weighted by atomic mass is 79.9. The van der Waals surface area contributed by atoms with Crippen LogP contribution in [0.25, 0.3) is 6.08 Å². The van der Waals surface area contributed by atoms with E-state index >= 15 is 0 Å². The summed E-state index contributed by atoms with van der Waals surface area (Å²) in [6, 6.07) is 11.2. The first-order valence-corrected chi connectivity index (χ1v) is 18.8. The summed E-state index contributed by atoms with van der Waals surface area (Å²) in [7, 11) is -2.03. The molecule has 45 heavy (non-hydrogen) atoms. The summed E-state index contributed by atoms with van der Waals surface area (Å²) in [6.07, 6.45) is 3.03. The van der Waals surface area contributed by atoms with Gasteiger partial charge in [0.05, 0.1) is 11.3 Å². The number of rotatable bonds is 6. The summed E-state index contributed by atoms with van der Waals surface area (Å²) in [5.74, 6) is 2.23. The van der Waals surface area contributed by atoms with Gasteiger partial charge in [-0.25, -0.2) is 4.79 Å². The molecule has 2 heterocycles. The van der Waals surface area contributed by atoms with Gasteiger partial charge in [-0.2, -0.15) is 0 Å². The molecule has 1 N–H and O–H groups in total. The van der Waals surface area contributed by atoms with Crippen molar-refractivity contribution in [2.24, 2.45) is 0 Å². The average Bonchev–Trinajstić information content (AvgIpc) is 2.88. The Morgan fingerprint density at radius 1 is 0.933 bits per heavy atom. The fraction of sp³-hybridized carbons (Fsp3) is 0.556. The minimum Gasteiger partial charge on any atom is -0.543 e. The van der Waals surface area contributed by atoms with E-state index in [1.54, 1.807) is 6.07 Å². The Morgan fingerprint density at radius 2 is 1.51 bits per heavy atom. The van der Waals surface area contributed by atoms with E-state index in [4.69, 9.17) is 13.9 Å². The topological polar surface area (TPSA) is 85.3 Å². The largest absolute Gasteiger partial charge is 0.543 e. The maximum atomic E-state index is 12.6. The number of anilines is 1. The molecule has 1 amide bonds. The van der Waals surface area contributed by atoms with Crippen LogP contribution in [0.4, 0.5) is 10.5 Å². The van der Waals surface area contributed by atoms with E-state index in [0.717, 1.165) is 11.3 Å². The first kappa shape index (κ1) is 36.7. The Morgan fingerprint density at radius 3 is 2.02 bits per heavy atom. The minimum absolute atomic E-state index is 0.0675. The van der Waals surface area contributed by atoms with Crippen LogP contribution < -0.4 is 18.8 Å². The lowest BCUT2D eigenvalue weighted by Gasteiger charge is -2.42. The molecule has 2 aromatic rings. The maximum absolute atomic E-state index is 12.6. The number of benzene rings is 2. The highest BCUT2D eigenvalue weighted by molar-refractivity contribution is 9.10. The van der Waals surface area contributed by atoms with E-state index in [1.807, 2.05) is 91.0 Å². The van der Waals surface area contributed by atoms with Gasteiger partial charge in [-0.05, 0) is 95.4 Å². The Hall–Kier alpha value is -2.78. The number of amides is 1. The Labute approximate surface area is 279 Å². The number of fused-ring (bicyclic) bond motifs is 2. The highest BCUT2D eigenvalue weighted by Crippen LogP contribution is 2.45. The first-order valence-electron chi connectivity index (χ1n) is 15.8. The quantitative estimate of drug-likeness (QED) is 0.238. The van der Waals surface area contributed by atoms with Crippen LogP contribution in [0.15, 0.2) is 42.5 Å². The van der Waals surface area contributed by atoms with Crippen molar-refractivity contribution in [3.8, 4) is 17.2 Å². The Bertz CT molecular complexity index is 1420. The fourth-order valence-corrected chi connectivity index (χ4v) is 12.1. The molecule has 0 fully saturated rings. The predicted octanol–water partition coefficient (Wildman–Crippen LogP) is 10.5. The van der Waals surface area contributed by atoms with Gasteiger partial charge < -0.3 is 19.0 Å². The molecular formula is C36H52BrNO6Si. The van der Waals surface area contributed by atoms with Crippen molar-refractivity contribution in [1.29, 1.82) is 0 Å². The van der Waals surface area contributed by atoms with Gasteiger partial charge in [-0.3, -0.25) is 9.69 Å². The summed E-state index contributed by atoms with van der Waals surface area (Å²) in [6.45, 7) is 27.0. The molecule has 0 bridgehead atoms. The number of carboxylic acid groups (broad SMARTS) is 1. The molecule has 2 aromatic carbocycles. The number of nitrogens with zero attached hydrogens (tertiary/aromatic N) is 1. The predicted molar refractivity (Wildman–Crippen MR) is 190 cm³/mol. The highest BCUT2D eigenvalue weighted by Gasteiger charge is 2.47. The second-order valence-electron chi connectivity index (χ2n) is 15.1. The lowest BCUT2D eigenvalue weighted by Crippen LogP contribution is -2.50. The van der Waals surface area contributed by atoms with Crippen LogP contribution >= 0.6 is 15.9 Å². The summed E-state index contributed by atoms with van der Waals surface area (Å²) >= 11 is 3.47. The van der Waals surface area contributed by atoms with Gasteiger partial charge in [0.15, 0.2) is 5.78 Å². The number of Topliss-reactive ketones (excluding diaryl/α,β-unsaturated/α-hetero) is 1. The molecule has 1 unspecified atom stereocenters. The number of ether oxygens (including phenoxy) is 2. The SMILES string of the molecule is CC(C)[Si](Oc1ccc2c(c1)OC(C)(C)C(Br)C2=O)(C(C)C)C(C)C.CC1(C)C=Cc2ccc(N(C(=O)O)C(C)(C)C)cc2O1. The molecule has 2 aliphatic heterocycles. The van der Waals surface area contributed by atoms with Crippen molar-refractivity contribution in [2.45, 2.75) is 128 Å². The van der Waals surface area contributed by atoms with Crippen LogP contribution in [0.3, 0.4) is 0 Å². The van der Waals surface area contributed by atoms with E-state index in [-0.39, 0.29) is 16.2 Å². The van der Waals surface area contributed by atoms with Crippen molar-refractivity contribution in [1.82, 2.24) is 0 Å². The van der Waals surface area contributed by atoms with Gasteiger partial charge >= 0.3 is 6.09 Å². The Balaban J connectivity index is 0.000000251. The summed E-state index contributed by atoms with van der Waals surface area (Å²) in [5.41, 5.74) is 2.23. The second-order valence-corrected chi connectivity index (χ2v) is 21.4. The number of ketones is 1. The molecule has 0 saturated carbocycles. The van der Waals surface area contributed by atoms with Crippen LogP contribution in [0.2, 0.25) is 16.6 Å². The zero-order valence-electron chi connectivity index (χ0n) is 29.2. The van der Waals surface area contributed by atoms with E-state index in [0.29, 0.717) is 39.4 Å². The van der Waals surface area contributed by atoms with Crippen LogP contribution in [-0.2, 0) is 0 Å². The summed E-state index contributed by atoms with van der Waals surface area (Å²) in [5, 5.41) is 9.44. The number of hydrogen-bond donors (Lipinski definition) is 1. The van der Waals surface area contributed by atoms with Crippen molar-refractivity contribution < 1.29 is 28.6 Å². The molecule has 0 radical (unpaired) electrons. The molecule has 4 rings (SSSR count). The average molecular weight is 703 g/mol. The fourth-order valence-electron chi connectivity index (χ4n) is 6.48. The minimum atomic E-state index is -2.03. The Kier molecular flexibility index (Phi) is 10.7. The van der Waals surface area contributed by atoms with Crippen molar-refractivity contribution >= 4 is 47.9 Å². The molecule has 1 atom stereocenters. The normalized spacial score (nSPS) is 18.3. The lowest BCUT2D eigenvalue weighted by molar-refractivity contribution is 0.0667. The van der Waals surface area contributed by atoms with Crippen molar-refractivity contribution in [3.05, 3.63) is 53.6 Å². The van der Waals surface area contributed by atoms with Crippen LogP contribution in [-0.4, -0.2) is 46.9 Å². The van der Waals surface area contributed by atoms with Gasteiger partial charge in [0, 0.05) is 23.2 Å². The third-order valence-corrected chi connectivity index (χ3v) is 16.1. The van der Waals surface area contributed by atoms with Crippen LogP contribution in [0.1, 0.15) is 106 Å². The van der Waals surface area contributed by atoms with Gasteiger partial charge in [0.2, 0.25) is 0 Å². The molecule has 2 aliphatic rings. The van der Waals surface area contributed by atoms with Crippen molar-refractivity contribution in [2.75, 3.05) is 4.90 Å². The van der Waals surface area contributed by atoms with Gasteiger partial charge in [0.1, 0.15) is 33.3 Å². The zero-order chi connectivity index (χ0) is 34.3. The molecule has 0 aliphatic carbocycles. The summed E-state index contributed by atoms with van der Waals surface area (Å²) < 4.78 is 18.7. The van der Waals surface area contributed by atoms with E-state index < -0.39 is 25.6 Å². The van der Waals surface area contributed by atoms with Gasteiger partial charge in [-0.15, -0.1) is 0 Å². The zero-order valence-corrected chi connectivity index (χ0v) is 31.8. The maximum Gasteiger partial charge on any atom is 0.412 e. The molecule has 0 spiro atoms. The molecule has 0 aromatic heterocycles.